The van der Waals surface area contributed by atoms with Gasteiger partial charge in [-0.1, -0.05) is 13.0 Å². The highest BCUT2D eigenvalue weighted by Gasteiger charge is 2.23. The van der Waals surface area contributed by atoms with E-state index in [4.69, 9.17) is 0 Å². The minimum atomic E-state index is -0.0625. The Kier molecular flexibility index (Phi) is 5.21. The lowest BCUT2D eigenvalue weighted by atomic mass is 10.2. The molecular formula is C18H26N6O. The van der Waals surface area contributed by atoms with Gasteiger partial charge < -0.3 is 15.1 Å². The van der Waals surface area contributed by atoms with Gasteiger partial charge >= 0.3 is 6.03 Å². The zero-order chi connectivity index (χ0) is 17.8. The number of piperazine rings is 1. The first kappa shape index (κ1) is 17.3. The van der Waals surface area contributed by atoms with Gasteiger partial charge in [0.15, 0.2) is 0 Å². The van der Waals surface area contributed by atoms with E-state index in [1.807, 2.05) is 34.7 Å². The van der Waals surface area contributed by atoms with E-state index in [1.54, 1.807) is 12.4 Å². The van der Waals surface area contributed by atoms with Crippen molar-refractivity contribution < 1.29 is 4.79 Å². The second-order valence-electron chi connectivity index (χ2n) is 6.44. The monoisotopic (exact) mass is 342 g/mol. The summed E-state index contributed by atoms with van der Waals surface area (Å²) in [7, 11) is 0. The molecule has 0 radical (unpaired) electrons. The third kappa shape index (κ3) is 3.75. The van der Waals surface area contributed by atoms with Crippen molar-refractivity contribution in [1.82, 2.24) is 19.7 Å². The minimum Gasteiger partial charge on any atom is -0.353 e. The van der Waals surface area contributed by atoms with Gasteiger partial charge in [-0.05, 0) is 32.4 Å². The van der Waals surface area contributed by atoms with E-state index < -0.39 is 0 Å². The highest BCUT2D eigenvalue weighted by atomic mass is 16.2. The molecule has 1 N–H and O–H groups in total. The van der Waals surface area contributed by atoms with Gasteiger partial charge in [0.25, 0.3) is 0 Å². The van der Waals surface area contributed by atoms with Crippen LogP contribution in [0.1, 0.15) is 32.0 Å². The van der Waals surface area contributed by atoms with Gasteiger partial charge in [-0.25, -0.2) is 9.78 Å². The number of urea groups is 1. The van der Waals surface area contributed by atoms with Crippen LogP contribution in [0.15, 0.2) is 30.6 Å². The molecule has 0 saturated carbocycles. The Balaban J connectivity index is 1.57. The van der Waals surface area contributed by atoms with Crippen LogP contribution in [0.5, 0.6) is 0 Å². The lowest BCUT2D eigenvalue weighted by Crippen LogP contribution is -2.50. The molecule has 2 aromatic rings. The number of carbonyl (C=O) groups is 1. The fourth-order valence-corrected chi connectivity index (χ4v) is 3.04. The molecule has 3 heterocycles. The van der Waals surface area contributed by atoms with Gasteiger partial charge in [-0.3, -0.25) is 4.68 Å². The third-order valence-electron chi connectivity index (χ3n) is 4.83. The van der Waals surface area contributed by atoms with Crippen LogP contribution in [-0.4, -0.2) is 51.9 Å². The molecule has 7 nitrogen and oxygen atoms in total. The first-order chi connectivity index (χ1) is 12.1. The van der Waals surface area contributed by atoms with E-state index in [-0.39, 0.29) is 6.03 Å². The lowest BCUT2D eigenvalue weighted by Gasteiger charge is -2.35. The lowest BCUT2D eigenvalue weighted by molar-refractivity contribution is 0.208. The number of nitrogens with zero attached hydrogens (tertiary/aromatic N) is 5. The summed E-state index contributed by atoms with van der Waals surface area (Å²) < 4.78 is 1.97. The van der Waals surface area contributed by atoms with Crippen molar-refractivity contribution in [3.8, 4) is 0 Å². The molecule has 1 fully saturated rings. The van der Waals surface area contributed by atoms with Crippen LogP contribution in [0.3, 0.4) is 0 Å². The van der Waals surface area contributed by atoms with Crippen molar-refractivity contribution >= 4 is 17.5 Å². The summed E-state index contributed by atoms with van der Waals surface area (Å²) in [5, 5.41) is 7.41. The first-order valence-electron chi connectivity index (χ1n) is 8.86. The van der Waals surface area contributed by atoms with Crippen molar-refractivity contribution in [3.05, 3.63) is 36.3 Å². The SMILES string of the molecule is CC[C@@H](C)n1ncc(NC(=O)N2CCN(c3ccccn3)CC2)c1C. The standard InChI is InChI=1S/C18H26N6O/c1-4-14(2)24-15(3)16(13-20-24)21-18(25)23-11-9-22(10-12-23)17-7-5-6-8-19-17/h5-8,13-14H,4,9-12H2,1-3H3,(H,21,25)/t14-/m1/s1. The van der Waals surface area contributed by atoms with Crippen LogP contribution in [0.2, 0.25) is 0 Å². The van der Waals surface area contributed by atoms with Gasteiger partial charge in [0.05, 0.1) is 17.6 Å². The van der Waals surface area contributed by atoms with Crippen molar-refractivity contribution in [1.29, 1.82) is 0 Å². The average molecular weight is 342 g/mol. The van der Waals surface area contributed by atoms with Crippen molar-refractivity contribution in [3.63, 3.8) is 0 Å². The second-order valence-corrected chi connectivity index (χ2v) is 6.44. The molecule has 2 aromatic heterocycles. The molecule has 1 saturated heterocycles. The maximum atomic E-state index is 12.6. The number of aromatic nitrogens is 3. The van der Waals surface area contributed by atoms with Crippen molar-refractivity contribution in [2.75, 3.05) is 36.4 Å². The Morgan fingerprint density at radius 3 is 2.68 bits per heavy atom. The Morgan fingerprint density at radius 1 is 1.28 bits per heavy atom. The molecule has 0 unspecified atom stereocenters. The quantitative estimate of drug-likeness (QED) is 0.928. The van der Waals surface area contributed by atoms with E-state index in [9.17, 15) is 4.79 Å². The van der Waals surface area contributed by atoms with E-state index >= 15 is 0 Å². The maximum Gasteiger partial charge on any atom is 0.322 e. The molecule has 7 heteroatoms. The number of amides is 2. The number of pyridine rings is 1. The van der Waals surface area contributed by atoms with E-state index in [1.165, 1.54) is 0 Å². The summed E-state index contributed by atoms with van der Waals surface area (Å²) in [5.41, 5.74) is 1.78. The van der Waals surface area contributed by atoms with Gasteiger partial charge in [-0.15, -0.1) is 0 Å². The number of hydrogen-bond donors (Lipinski definition) is 1. The minimum absolute atomic E-state index is 0.0625. The highest BCUT2D eigenvalue weighted by molar-refractivity contribution is 5.90. The van der Waals surface area contributed by atoms with Gasteiger partial charge in [0, 0.05) is 38.4 Å². The molecule has 0 bridgehead atoms. The number of rotatable bonds is 4. The predicted octanol–water partition coefficient (Wildman–Crippen LogP) is 2.91. The molecule has 0 spiro atoms. The topological polar surface area (TPSA) is 66.3 Å². The predicted molar refractivity (Wildman–Crippen MR) is 99.0 cm³/mol. The molecule has 0 aliphatic carbocycles. The van der Waals surface area contributed by atoms with Gasteiger partial charge in [0.2, 0.25) is 0 Å². The average Bonchev–Trinajstić information content (AvgIpc) is 3.02. The van der Waals surface area contributed by atoms with Crippen LogP contribution in [0.4, 0.5) is 16.3 Å². The van der Waals surface area contributed by atoms with Crippen molar-refractivity contribution in [2.45, 2.75) is 33.2 Å². The molecule has 25 heavy (non-hydrogen) atoms. The van der Waals surface area contributed by atoms with Crippen molar-refractivity contribution in [2.24, 2.45) is 0 Å². The zero-order valence-corrected chi connectivity index (χ0v) is 15.1. The molecular weight excluding hydrogens is 316 g/mol. The third-order valence-corrected chi connectivity index (χ3v) is 4.83. The van der Waals surface area contributed by atoms with Crippen LogP contribution >= 0.6 is 0 Å². The summed E-state index contributed by atoms with van der Waals surface area (Å²) in [6.07, 6.45) is 4.54. The number of hydrogen-bond acceptors (Lipinski definition) is 4. The van der Waals surface area contributed by atoms with Crippen LogP contribution in [0.25, 0.3) is 0 Å². The number of nitrogens with one attached hydrogen (secondary N) is 1. The molecule has 1 aliphatic rings. The van der Waals surface area contributed by atoms with E-state index in [2.05, 4.69) is 34.1 Å². The highest BCUT2D eigenvalue weighted by Crippen LogP contribution is 2.20. The summed E-state index contributed by atoms with van der Waals surface area (Å²) in [6, 6.07) is 6.16. The number of anilines is 2. The molecule has 2 amide bonds. The fraction of sp³-hybridized carbons (Fsp3) is 0.500. The zero-order valence-electron chi connectivity index (χ0n) is 15.1. The molecule has 1 aliphatic heterocycles. The summed E-state index contributed by atoms with van der Waals surface area (Å²) >= 11 is 0. The van der Waals surface area contributed by atoms with E-state index in [0.29, 0.717) is 19.1 Å². The number of carbonyl (C=O) groups excluding carboxylic acids is 1. The van der Waals surface area contributed by atoms with Crippen LogP contribution in [0, 0.1) is 6.92 Å². The van der Waals surface area contributed by atoms with E-state index in [0.717, 1.165) is 36.7 Å². The Morgan fingerprint density at radius 2 is 2.04 bits per heavy atom. The Labute approximate surface area is 148 Å². The second kappa shape index (κ2) is 7.55. The summed E-state index contributed by atoms with van der Waals surface area (Å²) in [5.74, 6) is 0.966. The summed E-state index contributed by atoms with van der Waals surface area (Å²) in [4.78, 5) is 21.0. The molecule has 134 valence electrons. The molecule has 3 rings (SSSR count). The normalized spacial score (nSPS) is 16.0. The first-order valence-corrected chi connectivity index (χ1v) is 8.86. The van der Waals surface area contributed by atoms with Crippen LogP contribution < -0.4 is 10.2 Å². The van der Waals surface area contributed by atoms with Crippen LogP contribution in [-0.2, 0) is 0 Å². The largest absolute Gasteiger partial charge is 0.353 e. The van der Waals surface area contributed by atoms with Gasteiger partial charge in [0.1, 0.15) is 5.82 Å². The Hall–Kier alpha value is -2.57. The van der Waals surface area contributed by atoms with Gasteiger partial charge in [-0.2, -0.15) is 5.10 Å². The Bertz CT molecular complexity index is 706. The fourth-order valence-electron chi connectivity index (χ4n) is 3.04. The smallest absolute Gasteiger partial charge is 0.322 e. The summed E-state index contributed by atoms with van der Waals surface area (Å²) in [6.45, 7) is 9.19. The maximum absolute atomic E-state index is 12.6. The molecule has 1 atom stereocenters. The molecule has 0 aromatic carbocycles.